The molecule has 2 N–H and O–H groups in total. The van der Waals surface area contributed by atoms with Crippen LogP contribution in [0.4, 0.5) is 10.5 Å². The van der Waals surface area contributed by atoms with Gasteiger partial charge in [-0.05, 0) is 67.3 Å². The minimum absolute atomic E-state index is 0.296. The Hall–Kier alpha value is -4.13. The highest BCUT2D eigenvalue weighted by molar-refractivity contribution is 6.00. The Labute approximate surface area is 218 Å². The molecule has 0 radical (unpaired) electrons. The Kier molecular flexibility index (Phi) is 9.06. The van der Waals surface area contributed by atoms with Gasteiger partial charge in [0.2, 0.25) is 5.91 Å². The molecule has 0 saturated heterocycles. The quantitative estimate of drug-likeness (QED) is 0.381. The largest absolute Gasteiger partial charge is 0.444 e. The first-order valence-electron chi connectivity index (χ1n) is 12.4. The van der Waals surface area contributed by atoms with E-state index in [1.807, 2.05) is 73.7 Å². The van der Waals surface area contributed by atoms with Gasteiger partial charge < -0.3 is 20.3 Å². The predicted octanol–water partition coefficient (Wildman–Crippen LogP) is 5.93. The van der Waals surface area contributed by atoms with E-state index in [9.17, 15) is 14.4 Å². The van der Waals surface area contributed by atoms with Gasteiger partial charge in [-0.2, -0.15) is 0 Å². The molecule has 1 unspecified atom stereocenters. The molecule has 0 saturated carbocycles. The van der Waals surface area contributed by atoms with Crippen molar-refractivity contribution in [3.8, 4) is 0 Å². The maximum absolute atomic E-state index is 13.8. The maximum Gasteiger partial charge on any atom is 0.408 e. The molecule has 7 nitrogen and oxygen atoms in total. The van der Waals surface area contributed by atoms with Crippen molar-refractivity contribution in [3.63, 3.8) is 0 Å². The van der Waals surface area contributed by atoms with E-state index in [0.717, 1.165) is 16.3 Å². The van der Waals surface area contributed by atoms with E-state index in [1.54, 1.807) is 26.8 Å². The van der Waals surface area contributed by atoms with Crippen LogP contribution < -0.4 is 10.6 Å². The summed E-state index contributed by atoms with van der Waals surface area (Å²) in [7, 11) is 0. The number of alkyl carbamates (subject to hydrolysis) is 1. The van der Waals surface area contributed by atoms with E-state index >= 15 is 0 Å². The molecule has 0 spiro atoms. The maximum atomic E-state index is 13.8. The van der Waals surface area contributed by atoms with E-state index < -0.39 is 23.6 Å². The second-order valence-electron chi connectivity index (χ2n) is 9.77. The summed E-state index contributed by atoms with van der Waals surface area (Å²) in [6, 6.07) is 20.0. The average Bonchev–Trinajstić information content (AvgIpc) is 2.86. The fraction of sp³-hybridized carbons (Fsp3) is 0.300. The van der Waals surface area contributed by atoms with Crippen LogP contribution in [-0.4, -0.2) is 41.5 Å². The zero-order valence-corrected chi connectivity index (χ0v) is 21.9. The van der Waals surface area contributed by atoms with Gasteiger partial charge in [0.15, 0.2) is 0 Å². The number of fused-ring (bicyclic) bond motifs is 1. The Bertz CT molecular complexity index is 1280. The number of ether oxygens (including phenoxy) is 1. The third kappa shape index (κ3) is 7.67. The molecule has 0 aromatic heterocycles. The lowest BCUT2D eigenvalue weighted by Gasteiger charge is -2.31. The second-order valence-corrected chi connectivity index (χ2v) is 9.77. The smallest absolute Gasteiger partial charge is 0.408 e. The molecule has 3 aromatic carbocycles. The van der Waals surface area contributed by atoms with Gasteiger partial charge in [0.05, 0.1) is 0 Å². The average molecular weight is 502 g/mol. The summed E-state index contributed by atoms with van der Waals surface area (Å²) in [4.78, 5) is 40.8. The Balaban J connectivity index is 1.91. The van der Waals surface area contributed by atoms with E-state index in [1.165, 1.54) is 4.90 Å². The predicted molar refractivity (Wildman–Crippen MR) is 148 cm³/mol. The molecular formula is C30H35N3O4. The van der Waals surface area contributed by atoms with Crippen LogP contribution in [0.3, 0.4) is 0 Å². The number of carbonyl (C=O) groups excluding carboxylic acids is 3. The molecule has 37 heavy (non-hydrogen) atoms. The van der Waals surface area contributed by atoms with Gasteiger partial charge in [-0.3, -0.25) is 9.59 Å². The van der Waals surface area contributed by atoms with E-state index in [0.29, 0.717) is 24.2 Å². The lowest BCUT2D eigenvalue weighted by molar-refractivity contribution is -0.138. The van der Waals surface area contributed by atoms with Crippen LogP contribution in [0.2, 0.25) is 0 Å². The number of benzene rings is 3. The fourth-order valence-electron chi connectivity index (χ4n) is 4.01. The number of nitrogens with one attached hydrogen (secondary N) is 2. The summed E-state index contributed by atoms with van der Waals surface area (Å²) >= 11 is 0. The van der Waals surface area contributed by atoms with Gasteiger partial charge in [0.1, 0.15) is 18.2 Å². The van der Waals surface area contributed by atoms with Crippen molar-refractivity contribution in [1.82, 2.24) is 10.2 Å². The van der Waals surface area contributed by atoms with Gasteiger partial charge in [0, 0.05) is 12.2 Å². The van der Waals surface area contributed by atoms with Crippen LogP contribution in [0.5, 0.6) is 0 Å². The van der Waals surface area contributed by atoms with Crippen LogP contribution in [0.25, 0.3) is 16.8 Å². The summed E-state index contributed by atoms with van der Waals surface area (Å²) in [5, 5.41) is 7.56. The Morgan fingerprint density at radius 2 is 1.73 bits per heavy atom. The van der Waals surface area contributed by atoms with Crippen molar-refractivity contribution >= 4 is 40.4 Å². The first kappa shape index (κ1) is 27.5. The first-order valence-corrected chi connectivity index (χ1v) is 12.4. The molecule has 3 aromatic rings. The highest BCUT2D eigenvalue weighted by Crippen LogP contribution is 2.26. The number of anilines is 1. The molecule has 0 heterocycles. The topological polar surface area (TPSA) is 87.7 Å². The lowest BCUT2D eigenvalue weighted by atomic mass is 10.0. The standard InChI is InChI=1S/C30H35N3O4/c1-6-17-33(26(34)20-31-29(36)37-30(3,4)5)27(24-14-10-11-21(7-2)18-24)28(35)32-25-16-15-22-12-8-9-13-23(22)19-25/h7-16,18-19,27H,2,6,17,20H2,1,3-5H3,(H,31,36)(H,32,35). The van der Waals surface area contributed by atoms with Crippen LogP contribution in [-0.2, 0) is 14.3 Å². The fourth-order valence-corrected chi connectivity index (χ4v) is 4.01. The summed E-state index contributed by atoms with van der Waals surface area (Å²) in [5.41, 5.74) is 1.42. The molecule has 194 valence electrons. The molecular weight excluding hydrogens is 466 g/mol. The van der Waals surface area contributed by atoms with Gasteiger partial charge in [0.25, 0.3) is 5.91 Å². The number of carbonyl (C=O) groups is 3. The van der Waals surface area contributed by atoms with Crippen molar-refractivity contribution in [3.05, 3.63) is 84.4 Å². The molecule has 0 fully saturated rings. The molecule has 0 aliphatic rings. The van der Waals surface area contributed by atoms with Crippen LogP contribution in [0.1, 0.15) is 51.3 Å². The van der Waals surface area contributed by atoms with Crippen LogP contribution in [0.15, 0.2) is 73.3 Å². The molecule has 3 rings (SSSR count). The minimum Gasteiger partial charge on any atom is -0.444 e. The monoisotopic (exact) mass is 501 g/mol. The summed E-state index contributed by atoms with van der Waals surface area (Å²) in [5.74, 6) is -0.745. The first-order chi connectivity index (χ1) is 17.6. The minimum atomic E-state index is -0.917. The molecule has 1 atom stereocenters. The van der Waals surface area contributed by atoms with Gasteiger partial charge >= 0.3 is 6.09 Å². The van der Waals surface area contributed by atoms with Crippen molar-refractivity contribution in [2.45, 2.75) is 45.8 Å². The molecule has 0 aliphatic carbocycles. The van der Waals surface area contributed by atoms with Crippen molar-refractivity contribution < 1.29 is 19.1 Å². The number of rotatable bonds is 9. The summed E-state index contributed by atoms with van der Waals surface area (Å²) in [6.07, 6.45) is 1.62. The normalized spacial score (nSPS) is 11.9. The van der Waals surface area contributed by atoms with E-state index in [-0.39, 0.29) is 12.5 Å². The van der Waals surface area contributed by atoms with E-state index in [4.69, 9.17) is 4.74 Å². The summed E-state index contributed by atoms with van der Waals surface area (Å²) < 4.78 is 5.25. The number of hydrogen-bond acceptors (Lipinski definition) is 4. The third-order valence-corrected chi connectivity index (χ3v) is 5.61. The lowest BCUT2D eigenvalue weighted by Crippen LogP contribution is -2.46. The Morgan fingerprint density at radius 1 is 1.00 bits per heavy atom. The third-order valence-electron chi connectivity index (χ3n) is 5.61. The SMILES string of the molecule is C=Cc1cccc(C(C(=O)Nc2ccc3ccccc3c2)N(CCC)C(=O)CNC(=O)OC(C)(C)C)c1. The summed E-state index contributed by atoms with van der Waals surface area (Å²) in [6.45, 7) is 11.0. The highest BCUT2D eigenvalue weighted by Gasteiger charge is 2.31. The molecule has 0 bridgehead atoms. The number of nitrogens with zero attached hydrogens (tertiary/aromatic N) is 1. The van der Waals surface area contributed by atoms with Gasteiger partial charge in [-0.1, -0.05) is 68.1 Å². The zero-order chi connectivity index (χ0) is 27.0. The number of hydrogen-bond donors (Lipinski definition) is 2. The van der Waals surface area contributed by atoms with Gasteiger partial charge in [-0.15, -0.1) is 0 Å². The number of amides is 3. The zero-order valence-electron chi connectivity index (χ0n) is 21.9. The second kappa shape index (κ2) is 12.2. The van der Waals surface area contributed by atoms with Gasteiger partial charge in [-0.25, -0.2) is 4.79 Å². The molecule has 0 aliphatic heterocycles. The molecule has 3 amide bonds. The van der Waals surface area contributed by atoms with Crippen molar-refractivity contribution in [2.75, 3.05) is 18.4 Å². The Morgan fingerprint density at radius 3 is 2.41 bits per heavy atom. The highest BCUT2D eigenvalue weighted by atomic mass is 16.6. The van der Waals surface area contributed by atoms with Crippen LogP contribution in [0, 0.1) is 0 Å². The molecule has 7 heteroatoms. The van der Waals surface area contributed by atoms with E-state index in [2.05, 4.69) is 17.2 Å². The van der Waals surface area contributed by atoms with Crippen molar-refractivity contribution in [1.29, 1.82) is 0 Å². The van der Waals surface area contributed by atoms with Crippen molar-refractivity contribution in [2.24, 2.45) is 0 Å². The van der Waals surface area contributed by atoms with Crippen LogP contribution >= 0.6 is 0 Å².